The summed E-state index contributed by atoms with van der Waals surface area (Å²) in [5, 5.41) is 11.8. The summed E-state index contributed by atoms with van der Waals surface area (Å²) < 4.78 is 10.2. The minimum atomic E-state index is -0.936. The molecule has 0 saturated carbocycles. The number of nitrogens with one attached hydrogen (secondary N) is 1. The van der Waals surface area contributed by atoms with E-state index in [0.717, 1.165) is 0 Å². The van der Waals surface area contributed by atoms with Gasteiger partial charge in [-0.15, -0.1) is 0 Å². The van der Waals surface area contributed by atoms with Crippen LogP contribution in [0.15, 0.2) is 0 Å². The maximum absolute atomic E-state index is 11.2. The van der Waals surface area contributed by atoms with E-state index in [1.54, 1.807) is 20.8 Å². The van der Waals surface area contributed by atoms with Gasteiger partial charge < -0.3 is 14.6 Å². The molecule has 0 aliphatic rings. The molecule has 5 heteroatoms. The lowest BCUT2D eigenvalue weighted by Crippen LogP contribution is -2.39. The largest absolute Gasteiger partial charge is 0.444 e. The lowest BCUT2D eigenvalue weighted by molar-refractivity contribution is 0.0178. The van der Waals surface area contributed by atoms with Crippen LogP contribution in [0.25, 0.3) is 0 Å². The maximum Gasteiger partial charge on any atom is 0.409 e. The first-order valence-corrected chi connectivity index (χ1v) is 5.50. The summed E-state index contributed by atoms with van der Waals surface area (Å²) in [4.78, 5) is 11.2. The second-order valence-electron chi connectivity index (χ2n) is 4.87. The summed E-state index contributed by atoms with van der Waals surface area (Å²) >= 11 is 0. The van der Waals surface area contributed by atoms with E-state index in [4.69, 9.17) is 9.47 Å². The first-order valence-electron chi connectivity index (χ1n) is 5.50. The Balaban J connectivity index is 3.70. The summed E-state index contributed by atoms with van der Waals surface area (Å²) in [6.45, 7) is 9.51. The van der Waals surface area contributed by atoms with Gasteiger partial charge in [-0.25, -0.2) is 4.79 Å². The third-order valence-corrected chi connectivity index (χ3v) is 1.53. The number of hydrogen-bond donors (Lipinski definition) is 2. The van der Waals surface area contributed by atoms with Crippen LogP contribution in [0.5, 0.6) is 0 Å². The molecule has 0 radical (unpaired) electrons. The normalized spacial score (nSPS) is 13.7. The highest BCUT2D eigenvalue weighted by molar-refractivity contribution is 5.67. The molecule has 96 valence electrons. The molecule has 0 aliphatic heterocycles. The summed E-state index contributed by atoms with van der Waals surface area (Å²) in [5.74, 6) is 0. The fraction of sp³-hybridized carbons (Fsp3) is 0.909. The van der Waals surface area contributed by atoms with Crippen molar-refractivity contribution in [2.24, 2.45) is 0 Å². The van der Waals surface area contributed by atoms with E-state index in [-0.39, 0.29) is 6.10 Å². The Hall–Kier alpha value is -0.810. The molecule has 0 aromatic heterocycles. The van der Waals surface area contributed by atoms with E-state index in [1.165, 1.54) is 0 Å². The van der Waals surface area contributed by atoms with Gasteiger partial charge in [0.05, 0.1) is 12.7 Å². The average Bonchev–Trinajstić information content (AvgIpc) is 1.98. The second-order valence-corrected chi connectivity index (χ2v) is 4.87. The number of aliphatic hydroxyl groups is 1. The molecule has 1 atom stereocenters. The van der Waals surface area contributed by atoms with Gasteiger partial charge in [0.15, 0.2) is 0 Å². The monoisotopic (exact) mass is 233 g/mol. The van der Waals surface area contributed by atoms with Crippen LogP contribution in [-0.4, -0.2) is 35.7 Å². The predicted molar refractivity (Wildman–Crippen MR) is 61.1 cm³/mol. The van der Waals surface area contributed by atoms with Crippen LogP contribution >= 0.6 is 0 Å². The van der Waals surface area contributed by atoms with Gasteiger partial charge in [0.1, 0.15) is 11.8 Å². The number of rotatable bonds is 5. The van der Waals surface area contributed by atoms with E-state index < -0.39 is 17.9 Å². The molecule has 1 unspecified atom stereocenters. The third-order valence-electron chi connectivity index (χ3n) is 1.53. The number of alkyl carbamates (subject to hydrolysis) is 1. The van der Waals surface area contributed by atoms with Crippen molar-refractivity contribution in [3.63, 3.8) is 0 Å². The zero-order valence-electron chi connectivity index (χ0n) is 10.7. The SMILES string of the molecule is CC(C)OCCC(O)NC(=O)OC(C)(C)C. The maximum atomic E-state index is 11.2. The number of carbonyl (C=O) groups excluding carboxylic acids is 1. The van der Waals surface area contributed by atoms with Gasteiger partial charge in [0, 0.05) is 6.42 Å². The molecule has 2 N–H and O–H groups in total. The van der Waals surface area contributed by atoms with E-state index in [2.05, 4.69) is 5.32 Å². The van der Waals surface area contributed by atoms with Crippen molar-refractivity contribution in [3.05, 3.63) is 0 Å². The topological polar surface area (TPSA) is 67.8 Å². The highest BCUT2D eigenvalue weighted by Crippen LogP contribution is 2.06. The van der Waals surface area contributed by atoms with Gasteiger partial charge in [0.25, 0.3) is 0 Å². The number of amides is 1. The first-order chi connectivity index (χ1) is 7.20. The van der Waals surface area contributed by atoms with E-state index in [9.17, 15) is 9.90 Å². The summed E-state index contributed by atoms with van der Waals surface area (Å²) in [5.41, 5.74) is -0.557. The molecule has 5 nitrogen and oxygen atoms in total. The molecule has 16 heavy (non-hydrogen) atoms. The van der Waals surface area contributed by atoms with E-state index >= 15 is 0 Å². The second kappa shape index (κ2) is 6.70. The van der Waals surface area contributed by atoms with Crippen LogP contribution in [0, 0.1) is 0 Å². The Morgan fingerprint density at radius 1 is 1.38 bits per heavy atom. The molecule has 0 rings (SSSR count). The number of ether oxygens (including phenoxy) is 2. The van der Waals surface area contributed by atoms with E-state index in [1.807, 2.05) is 13.8 Å². The van der Waals surface area contributed by atoms with Crippen LogP contribution in [0.2, 0.25) is 0 Å². The van der Waals surface area contributed by atoms with Crippen molar-refractivity contribution in [1.82, 2.24) is 5.32 Å². The van der Waals surface area contributed by atoms with Gasteiger partial charge in [-0.1, -0.05) is 0 Å². The lowest BCUT2D eigenvalue weighted by atomic mass is 10.2. The first kappa shape index (κ1) is 15.2. The molecule has 1 amide bonds. The van der Waals surface area contributed by atoms with Gasteiger partial charge in [-0.05, 0) is 34.6 Å². The Morgan fingerprint density at radius 2 is 1.94 bits per heavy atom. The van der Waals surface area contributed by atoms with Crippen molar-refractivity contribution in [3.8, 4) is 0 Å². The lowest BCUT2D eigenvalue weighted by Gasteiger charge is -2.21. The molecule has 0 heterocycles. The van der Waals surface area contributed by atoms with Crippen molar-refractivity contribution < 1.29 is 19.4 Å². The predicted octanol–water partition coefficient (Wildman–Crippen LogP) is 1.64. The Labute approximate surface area is 97.1 Å². The average molecular weight is 233 g/mol. The Morgan fingerprint density at radius 3 is 2.38 bits per heavy atom. The van der Waals surface area contributed by atoms with Crippen LogP contribution in [0.4, 0.5) is 4.79 Å². The molecule has 0 fully saturated rings. The van der Waals surface area contributed by atoms with Crippen LogP contribution in [-0.2, 0) is 9.47 Å². The highest BCUT2D eigenvalue weighted by atomic mass is 16.6. The molecular weight excluding hydrogens is 210 g/mol. The summed E-state index contributed by atoms with van der Waals surface area (Å²) in [7, 11) is 0. The third kappa shape index (κ3) is 9.73. The Kier molecular flexibility index (Phi) is 6.36. The van der Waals surface area contributed by atoms with Gasteiger partial charge in [-0.3, -0.25) is 5.32 Å². The van der Waals surface area contributed by atoms with Crippen LogP contribution < -0.4 is 5.32 Å². The fourth-order valence-electron chi connectivity index (χ4n) is 0.931. The molecule has 0 spiro atoms. The van der Waals surface area contributed by atoms with Crippen LogP contribution in [0.1, 0.15) is 41.0 Å². The molecule has 0 bridgehead atoms. The zero-order valence-corrected chi connectivity index (χ0v) is 10.7. The van der Waals surface area contributed by atoms with Gasteiger partial charge in [-0.2, -0.15) is 0 Å². The van der Waals surface area contributed by atoms with Gasteiger partial charge in [0.2, 0.25) is 0 Å². The quantitative estimate of drug-likeness (QED) is 0.708. The summed E-state index contributed by atoms with van der Waals surface area (Å²) in [6.07, 6.45) is -1.09. The minimum absolute atomic E-state index is 0.119. The number of carbonyl (C=O) groups is 1. The summed E-state index contributed by atoms with van der Waals surface area (Å²) in [6, 6.07) is 0. The molecule has 0 aliphatic carbocycles. The fourth-order valence-corrected chi connectivity index (χ4v) is 0.931. The molecule has 0 saturated heterocycles. The molecule has 0 aromatic carbocycles. The highest BCUT2D eigenvalue weighted by Gasteiger charge is 2.18. The number of hydrogen-bond acceptors (Lipinski definition) is 4. The van der Waals surface area contributed by atoms with Crippen molar-refractivity contribution >= 4 is 6.09 Å². The number of aliphatic hydroxyl groups excluding tert-OH is 1. The molecular formula is C11H23NO4. The standard InChI is InChI=1S/C11H23NO4/c1-8(2)15-7-6-9(13)12-10(14)16-11(3,4)5/h8-9,13H,6-7H2,1-5H3,(H,12,14). The Bertz CT molecular complexity index is 211. The van der Waals surface area contributed by atoms with Crippen molar-refractivity contribution in [2.75, 3.05) is 6.61 Å². The van der Waals surface area contributed by atoms with E-state index in [0.29, 0.717) is 13.0 Å². The van der Waals surface area contributed by atoms with Gasteiger partial charge >= 0.3 is 6.09 Å². The van der Waals surface area contributed by atoms with Crippen molar-refractivity contribution in [2.45, 2.75) is 59.0 Å². The minimum Gasteiger partial charge on any atom is -0.444 e. The van der Waals surface area contributed by atoms with Crippen molar-refractivity contribution in [1.29, 1.82) is 0 Å². The molecule has 0 aromatic rings. The smallest absolute Gasteiger partial charge is 0.409 e. The van der Waals surface area contributed by atoms with Crippen LogP contribution in [0.3, 0.4) is 0 Å². The zero-order chi connectivity index (χ0) is 12.8.